The van der Waals surface area contributed by atoms with E-state index < -0.39 is 0 Å². The zero-order valence-corrected chi connectivity index (χ0v) is 8.44. The first kappa shape index (κ1) is 12.2. The molecule has 0 aromatic heterocycles. The van der Waals surface area contributed by atoms with Crippen molar-refractivity contribution >= 4 is 6.03 Å². The zero-order valence-electron chi connectivity index (χ0n) is 8.44. The Hall–Kier alpha value is -0.770. The van der Waals surface area contributed by atoms with E-state index in [1.54, 1.807) is 0 Å². The van der Waals surface area contributed by atoms with E-state index in [0.717, 1.165) is 45.3 Å². The molecular weight excluding hydrogens is 166 g/mol. The minimum atomic E-state index is -0.0606. The van der Waals surface area contributed by atoms with Crippen molar-refractivity contribution in [2.45, 2.75) is 32.6 Å². The van der Waals surface area contributed by atoms with Crippen LogP contribution < -0.4 is 16.4 Å². The lowest BCUT2D eigenvalue weighted by atomic mass is 10.2. The van der Waals surface area contributed by atoms with E-state index in [9.17, 15) is 4.79 Å². The maximum Gasteiger partial charge on any atom is 0.314 e. The van der Waals surface area contributed by atoms with Crippen molar-refractivity contribution in [3.8, 4) is 0 Å². The van der Waals surface area contributed by atoms with Gasteiger partial charge < -0.3 is 16.4 Å². The van der Waals surface area contributed by atoms with Gasteiger partial charge in [-0.3, -0.25) is 0 Å². The second-order valence-electron chi connectivity index (χ2n) is 3.03. The summed E-state index contributed by atoms with van der Waals surface area (Å²) in [5.41, 5.74) is 5.34. The summed E-state index contributed by atoms with van der Waals surface area (Å²) in [5.74, 6) is 0. The van der Waals surface area contributed by atoms with Crippen LogP contribution in [0.15, 0.2) is 0 Å². The van der Waals surface area contributed by atoms with E-state index in [4.69, 9.17) is 5.73 Å². The Morgan fingerprint density at radius 1 is 1.15 bits per heavy atom. The molecule has 2 amide bonds. The SMILES string of the molecule is CCCNC(=O)NCCCCCN. The zero-order chi connectivity index (χ0) is 9.94. The van der Waals surface area contributed by atoms with Crippen molar-refractivity contribution in [3.63, 3.8) is 0 Å². The molecule has 4 heteroatoms. The molecule has 0 spiro atoms. The predicted octanol–water partition coefficient (Wildman–Crippen LogP) is 0.825. The lowest BCUT2D eigenvalue weighted by Gasteiger charge is -2.05. The molecule has 0 aliphatic carbocycles. The highest BCUT2D eigenvalue weighted by atomic mass is 16.2. The fourth-order valence-electron chi connectivity index (χ4n) is 0.949. The van der Waals surface area contributed by atoms with Crippen molar-refractivity contribution < 1.29 is 4.79 Å². The molecule has 0 aliphatic heterocycles. The number of carbonyl (C=O) groups excluding carboxylic acids is 1. The third-order valence-electron chi connectivity index (χ3n) is 1.70. The topological polar surface area (TPSA) is 67.2 Å². The molecule has 0 fully saturated rings. The summed E-state index contributed by atoms with van der Waals surface area (Å²) in [5, 5.41) is 5.53. The standard InChI is InChI=1S/C9H21N3O/c1-2-7-11-9(13)12-8-5-3-4-6-10/h2-8,10H2,1H3,(H2,11,12,13). The number of hydrogen-bond acceptors (Lipinski definition) is 2. The highest BCUT2D eigenvalue weighted by Gasteiger charge is 1.95. The van der Waals surface area contributed by atoms with Crippen LogP contribution in [0.3, 0.4) is 0 Å². The second-order valence-corrected chi connectivity index (χ2v) is 3.03. The quantitative estimate of drug-likeness (QED) is 0.517. The lowest BCUT2D eigenvalue weighted by molar-refractivity contribution is 0.240. The van der Waals surface area contributed by atoms with Gasteiger partial charge in [0, 0.05) is 13.1 Å². The number of carbonyl (C=O) groups is 1. The van der Waals surface area contributed by atoms with Gasteiger partial charge in [-0.1, -0.05) is 13.3 Å². The van der Waals surface area contributed by atoms with Crippen LogP contribution in [0, 0.1) is 0 Å². The second kappa shape index (κ2) is 9.32. The average Bonchev–Trinajstić information content (AvgIpc) is 2.14. The monoisotopic (exact) mass is 187 g/mol. The van der Waals surface area contributed by atoms with Crippen LogP contribution in [0.2, 0.25) is 0 Å². The molecule has 4 nitrogen and oxygen atoms in total. The summed E-state index contributed by atoms with van der Waals surface area (Å²) >= 11 is 0. The summed E-state index contributed by atoms with van der Waals surface area (Å²) in [6.45, 7) is 4.26. The van der Waals surface area contributed by atoms with E-state index in [1.807, 2.05) is 6.92 Å². The van der Waals surface area contributed by atoms with Gasteiger partial charge in [0.05, 0.1) is 0 Å². The third kappa shape index (κ3) is 9.14. The van der Waals surface area contributed by atoms with Gasteiger partial charge in [0.15, 0.2) is 0 Å². The van der Waals surface area contributed by atoms with Gasteiger partial charge in [-0.2, -0.15) is 0 Å². The molecule has 0 aromatic rings. The minimum Gasteiger partial charge on any atom is -0.338 e. The van der Waals surface area contributed by atoms with Gasteiger partial charge in [0.25, 0.3) is 0 Å². The molecule has 0 rings (SSSR count). The van der Waals surface area contributed by atoms with Crippen LogP contribution in [0.25, 0.3) is 0 Å². The maximum absolute atomic E-state index is 11.0. The van der Waals surface area contributed by atoms with Crippen LogP contribution >= 0.6 is 0 Å². The molecule has 0 atom stereocenters. The van der Waals surface area contributed by atoms with Crippen molar-refractivity contribution in [2.24, 2.45) is 5.73 Å². The number of amides is 2. The number of nitrogens with two attached hydrogens (primary N) is 1. The fraction of sp³-hybridized carbons (Fsp3) is 0.889. The van der Waals surface area contributed by atoms with E-state index >= 15 is 0 Å². The summed E-state index contributed by atoms with van der Waals surface area (Å²) in [6.07, 6.45) is 4.11. The molecule has 0 saturated heterocycles. The van der Waals surface area contributed by atoms with E-state index in [1.165, 1.54) is 0 Å². The molecule has 0 saturated carbocycles. The van der Waals surface area contributed by atoms with Crippen LogP contribution in [0.5, 0.6) is 0 Å². The van der Waals surface area contributed by atoms with Gasteiger partial charge in [0.1, 0.15) is 0 Å². The van der Waals surface area contributed by atoms with Crippen molar-refractivity contribution in [3.05, 3.63) is 0 Å². The summed E-state index contributed by atoms with van der Waals surface area (Å²) in [6, 6.07) is -0.0606. The predicted molar refractivity (Wildman–Crippen MR) is 54.6 cm³/mol. The average molecular weight is 187 g/mol. The third-order valence-corrected chi connectivity index (χ3v) is 1.70. The first-order valence-electron chi connectivity index (χ1n) is 5.03. The maximum atomic E-state index is 11.0. The summed E-state index contributed by atoms with van der Waals surface area (Å²) < 4.78 is 0. The van der Waals surface area contributed by atoms with Crippen LogP contribution in [0.1, 0.15) is 32.6 Å². The summed E-state index contributed by atoms with van der Waals surface area (Å²) in [4.78, 5) is 11.0. The normalized spacial score (nSPS) is 9.69. The van der Waals surface area contributed by atoms with Crippen molar-refractivity contribution in [1.29, 1.82) is 0 Å². The molecule has 13 heavy (non-hydrogen) atoms. The van der Waals surface area contributed by atoms with Crippen LogP contribution in [-0.2, 0) is 0 Å². The number of urea groups is 1. The number of unbranched alkanes of at least 4 members (excludes halogenated alkanes) is 2. The van der Waals surface area contributed by atoms with Crippen LogP contribution in [-0.4, -0.2) is 25.7 Å². The molecular formula is C9H21N3O. The Bertz CT molecular complexity index is 128. The highest BCUT2D eigenvalue weighted by molar-refractivity contribution is 5.73. The van der Waals surface area contributed by atoms with E-state index in [2.05, 4.69) is 10.6 Å². The first-order valence-corrected chi connectivity index (χ1v) is 5.03. The number of rotatable bonds is 7. The molecule has 78 valence electrons. The smallest absolute Gasteiger partial charge is 0.314 e. The van der Waals surface area contributed by atoms with E-state index in [-0.39, 0.29) is 6.03 Å². The number of nitrogens with one attached hydrogen (secondary N) is 2. The largest absolute Gasteiger partial charge is 0.338 e. The molecule has 0 aromatic carbocycles. The fourth-order valence-corrected chi connectivity index (χ4v) is 0.949. The molecule has 0 radical (unpaired) electrons. The van der Waals surface area contributed by atoms with Crippen molar-refractivity contribution in [1.82, 2.24) is 10.6 Å². The van der Waals surface area contributed by atoms with Gasteiger partial charge >= 0.3 is 6.03 Å². The Balaban J connectivity index is 3.08. The minimum absolute atomic E-state index is 0.0606. The lowest BCUT2D eigenvalue weighted by Crippen LogP contribution is -2.36. The molecule has 4 N–H and O–H groups in total. The Morgan fingerprint density at radius 3 is 2.46 bits per heavy atom. The highest BCUT2D eigenvalue weighted by Crippen LogP contribution is 1.90. The van der Waals surface area contributed by atoms with Gasteiger partial charge in [0.2, 0.25) is 0 Å². The number of hydrogen-bond donors (Lipinski definition) is 3. The van der Waals surface area contributed by atoms with Gasteiger partial charge in [-0.15, -0.1) is 0 Å². The van der Waals surface area contributed by atoms with Gasteiger partial charge in [-0.05, 0) is 25.8 Å². The first-order chi connectivity index (χ1) is 6.31. The molecule has 0 bridgehead atoms. The summed E-state index contributed by atoms with van der Waals surface area (Å²) in [7, 11) is 0. The van der Waals surface area contributed by atoms with Gasteiger partial charge in [-0.25, -0.2) is 4.79 Å². The molecule has 0 aliphatic rings. The van der Waals surface area contributed by atoms with Crippen molar-refractivity contribution in [2.75, 3.05) is 19.6 Å². The molecule has 0 heterocycles. The molecule has 0 unspecified atom stereocenters. The Kier molecular flexibility index (Phi) is 8.77. The van der Waals surface area contributed by atoms with Crippen LogP contribution in [0.4, 0.5) is 4.79 Å². The Morgan fingerprint density at radius 2 is 1.85 bits per heavy atom. The Labute approximate surface area is 80.3 Å². The van der Waals surface area contributed by atoms with E-state index in [0.29, 0.717) is 0 Å².